The highest BCUT2D eigenvalue weighted by Gasteiger charge is 2.48. The Balaban J connectivity index is 1.77. The summed E-state index contributed by atoms with van der Waals surface area (Å²) in [4.78, 5) is 26.7. The number of hydrogen-bond acceptors (Lipinski definition) is 6. The number of Topliss-reactive ketones (excluding diaryl/α,β-unsaturated/α-hetero) is 1. The van der Waals surface area contributed by atoms with E-state index in [0.29, 0.717) is 36.6 Å². The number of ketones is 1. The third kappa shape index (κ3) is 3.77. The lowest BCUT2D eigenvalue weighted by Crippen LogP contribution is -2.46. The molecule has 0 N–H and O–H groups in total. The number of amides is 1. The van der Waals surface area contributed by atoms with Crippen molar-refractivity contribution < 1.29 is 28.5 Å². The number of hydrogen-bond donors (Lipinski definition) is 0. The van der Waals surface area contributed by atoms with Crippen LogP contribution in [0.15, 0.2) is 18.2 Å². The number of nitrogens with zero attached hydrogens (tertiary/aromatic N) is 1. The number of carbonyl (C=O) groups is 2. The lowest BCUT2D eigenvalue weighted by atomic mass is 9.89. The molecule has 2 aliphatic heterocycles. The van der Waals surface area contributed by atoms with Crippen molar-refractivity contribution in [3.05, 3.63) is 23.8 Å². The van der Waals surface area contributed by atoms with E-state index in [1.165, 1.54) is 7.11 Å². The number of likely N-dealkylation sites (tertiary alicyclic amines) is 1. The fourth-order valence-corrected chi connectivity index (χ4v) is 3.32. The summed E-state index contributed by atoms with van der Waals surface area (Å²) in [5.74, 6) is 0.885. The first-order valence-corrected chi connectivity index (χ1v) is 8.68. The van der Waals surface area contributed by atoms with Crippen molar-refractivity contribution in [2.75, 3.05) is 27.0 Å². The van der Waals surface area contributed by atoms with Gasteiger partial charge in [0.05, 0.1) is 13.0 Å². The van der Waals surface area contributed by atoms with Gasteiger partial charge in [-0.05, 0) is 32.9 Å². The van der Waals surface area contributed by atoms with Crippen molar-refractivity contribution in [2.24, 2.45) is 0 Å². The molecule has 142 valence electrons. The van der Waals surface area contributed by atoms with E-state index < -0.39 is 11.2 Å². The molecule has 2 heterocycles. The summed E-state index contributed by atoms with van der Waals surface area (Å²) in [5, 5.41) is 0. The van der Waals surface area contributed by atoms with E-state index in [1.807, 2.05) is 20.8 Å². The van der Waals surface area contributed by atoms with Crippen LogP contribution >= 0.6 is 0 Å². The first-order valence-electron chi connectivity index (χ1n) is 8.68. The van der Waals surface area contributed by atoms with Crippen LogP contribution in [0.5, 0.6) is 11.5 Å². The highest BCUT2D eigenvalue weighted by atomic mass is 16.7. The van der Waals surface area contributed by atoms with Gasteiger partial charge in [-0.15, -0.1) is 0 Å². The molecule has 0 bridgehead atoms. The van der Waals surface area contributed by atoms with Gasteiger partial charge >= 0.3 is 6.09 Å². The van der Waals surface area contributed by atoms with E-state index in [9.17, 15) is 9.59 Å². The highest BCUT2D eigenvalue weighted by Crippen LogP contribution is 2.42. The minimum Gasteiger partial charge on any atom is -0.484 e. The minimum absolute atomic E-state index is 0.0519. The Hall–Kier alpha value is -2.28. The maximum Gasteiger partial charge on any atom is 0.410 e. The zero-order valence-corrected chi connectivity index (χ0v) is 15.7. The number of rotatable bonds is 3. The third-order valence-electron chi connectivity index (χ3n) is 4.38. The number of carbonyl (C=O) groups excluding carboxylic acids is 2. The van der Waals surface area contributed by atoms with Crippen LogP contribution in [-0.2, 0) is 9.47 Å². The van der Waals surface area contributed by atoms with Gasteiger partial charge in [0.15, 0.2) is 12.6 Å². The molecule has 0 aromatic heterocycles. The Labute approximate surface area is 153 Å². The van der Waals surface area contributed by atoms with Crippen molar-refractivity contribution in [1.82, 2.24) is 4.90 Å². The molecule has 1 atom stereocenters. The molecule has 3 rings (SSSR count). The molecule has 1 aromatic carbocycles. The number of methoxy groups -OCH3 is 1. The molecule has 1 spiro atoms. The molecule has 1 aromatic rings. The largest absolute Gasteiger partial charge is 0.484 e. The van der Waals surface area contributed by atoms with Crippen LogP contribution in [0.25, 0.3) is 0 Å². The molecule has 1 unspecified atom stereocenters. The van der Waals surface area contributed by atoms with Gasteiger partial charge in [-0.3, -0.25) is 4.79 Å². The van der Waals surface area contributed by atoms with E-state index in [1.54, 1.807) is 23.1 Å². The molecule has 7 nitrogen and oxygen atoms in total. The third-order valence-corrected chi connectivity index (χ3v) is 4.38. The molecule has 0 aliphatic carbocycles. The van der Waals surface area contributed by atoms with Crippen LogP contribution in [0.4, 0.5) is 4.79 Å². The van der Waals surface area contributed by atoms with E-state index in [2.05, 4.69) is 0 Å². The van der Waals surface area contributed by atoms with Gasteiger partial charge < -0.3 is 23.8 Å². The van der Waals surface area contributed by atoms with Gasteiger partial charge in [0, 0.05) is 20.1 Å². The number of fused-ring (bicyclic) bond motifs is 1. The van der Waals surface area contributed by atoms with Crippen LogP contribution in [0, 0.1) is 0 Å². The molecule has 26 heavy (non-hydrogen) atoms. The quantitative estimate of drug-likeness (QED) is 0.769. The van der Waals surface area contributed by atoms with Crippen LogP contribution < -0.4 is 9.47 Å². The van der Waals surface area contributed by atoms with Crippen molar-refractivity contribution in [1.29, 1.82) is 0 Å². The van der Waals surface area contributed by atoms with Crippen LogP contribution in [0.1, 0.15) is 44.0 Å². The molecule has 2 aliphatic rings. The zero-order valence-electron chi connectivity index (χ0n) is 15.7. The van der Waals surface area contributed by atoms with Gasteiger partial charge in [-0.2, -0.15) is 0 Å². The summed E-state index contributed by atoms with van der Waals surface area (Å²) >= 11 is 0. The van der Waals surface area contributed by atoms with E-state index in [0.717, 1.165) is 0 Å². The maximum atomic E-state index is 12.8. The smallest absolute Gasteiger partial charge is 0.410 e. The Morgan fingerprint density at radius 3 is 2.81 bits per heavy atom. The molecular formula is C19H25NO6. The summed E-state index contributed by atoms with van der Waals surface area (Å²) in [5.41, 5.74) is -0.831. The molecule has 0 radical (unpaired) electrons. The van der Waals surface area contributed by atoms with Crippen molar-refractivity contribution in [3.63, 3.8) is 0 Å². The summed E-state index contributed by atoms with van der Waals surface area (Å²) < 4.78 is 22.0. The van der Waals surface area contributed by atoms with Crippen molar-refractivity contribution in [3.8, 4) is 11.5 Å². The van der Waals surface area contributed by atoms with Gasteiger partial charge in [-0.1, -0.05) is 6.07 Å². The topological polar surface area (TPSA) is 74.3 Å². The summed E-state index contributed by atoms with van der Waals surface area (Å²) in [7, 11) is 1.52. The Morgan fingerprint density at radius 2 is 2.12 bits per heavy atom. The monoisotopic (exact) mass is 363 g/mol. The predicted molar refractivity (Wildman–Crippen MR) is 93.7 cm³/mol. The Morgan fingerprint density at radius 1 is 1.35 bits per heavy atom. The summed E-state index contributed by atoms with van der Waals surface area (Å²) in [6, 6.07) is 5.25. The van der Waals surface area contributed by atoms with Gasteiger partial charge in [-0.25, -0.2) is 4.79 Å². The second-order valence-electron chi connectivity index (χ2n) is 7.72. The Kier molecular flexibility index (Phi) is 4.84. The molecule has 0 saturated carbocycles. The molecule has 1 amide bonds. The zero-order chi connectivity index (χ0) is 18.9. The van der Waals surface area contributed by atoms with Crippen LogP contribution in [-0.4, -0.2) is 55.0 Å². The van der Waals surface area contributed by atoms with E-state index >= 15 is 0 Å². The highest BCUT2D eigenvalue weighted by molar-refractivity contribution is 6.03. The average Bonchev–Trinajstić information content (AvgIpc) is 2.94. The first kappa shape index (κ1) is 18.5. The van der Waals surface area contributed by atoms with E-state index in [4.69, 9.17) is 18.9 Å². The van der Waals surface area contributed by atoms with E-state index in [-0.39, 0.29) is 25.1 Å². The fraction of sp³-hybridized carbons (Fsp3) is 0.579. The molecule has 1 saturated heterocycles. The predicted octanol–water partition coefficient (Wildman–Crippen LogP) is 3.01. The van der Waals surface area contributed by atoms with Gasteiger partial charge in [0.1, 0.15) is 28.3 Å². The minimum atomic E-state index is -0.707. The average molecular weight is 363 g/mol. The SMILES string of the molecule is COCOc1cccc2c1C(=O)CC1(CCN(C(=O)OC(C)(C)C)C1)O2. The van der Waals surface area contributed by atoms with Crippen molar-refractivity contribution >= 4 is 11.9 Å². The number of ether oxygens (including phenoxy) is 4. The summed E-state index contributed by atoms with van der Waals surface area (Å²) in [6.45, 7) is 6.37. The first-order chi connectivity index (χ1) is 12.2. The lowest BCUT2D eigenvalue weighted by molar-refractivity contribution is 0.0162. The van der Waals surface area contributed by atoms with Crippen LogP contribution in [0.3, 0.4) is 0 Å². The summed E-state index contributed by atoms with van der Waals surface area (Å²) in [6.07, 6.45) is 0.404. The number of benzene rings is 1. The molecular weight excluding hydrogens is 338 g/mol. The maximum absolute atomic E-state index is 12.8. The molecule has 1 fully saturated rings. The standard InChI is InChI=1S/C19H25NO6/c1-18(2,3)26-17(22)20-9-8-19(11-20)10-13(21)16-14(24-12-23-4)6-5-7-15(16)25-19/h5-7H,8-12H2,1-4H3. The van der Waals surface area contributed by atoms with Gasteiger partial charge in [0.2, 0.25) is 0 Å². The second kappa shape index (κ2) is 6.79. The van der Waals surface area contributed by atoms with Crippen LogP contribution in [0.2, 0.25) is 0 Å². The van der Waals surface area contributed by atoms with Crippen molar-refractivity contribution in [2.45, 2.75) is 44.8 Å². The Bertz CT molecular complexity index is 710. The second-order valence-corrected chi connectivity index (χ2v) is 7.72. The fourth-order valence-electron chi connectivity index (χ4n) is 3.32. The normalized spacial score (nSPS) is 22.2. The molecule has 7 heteroatoms. The lowest BCUT2D eigenvalue weighted by Gasteiger charge is -2.35. The van der Waals surface area contributed by atoms with Gasteiger partial charge in [0.25, 0.3) is 0 Å².